The maximum absolute atomic E-state index is 12.0. The van der Waals surface area contributed by atoms with Crippen LogP contribution in [0.3, 0.4) is 0 Å². The van der Waals surface area contributed by atoms with Gasteiger partial charge in [-0.15, -0.1) is 0 Å². The molecule has 0 bridgehead atoms. The molecule has 16 heavy (non-hydrogen) atoms. The third kappa shape index (κ3) is 2.74. The Morgan fingerprint density at radius 2 is 2.12 bits per heavy atom. The van der Waals surface area contributed by atoms with E-state index in [1.807, 2.05) is 0 Å². The van der Waals surface area contributed by atoms with E-state index in [4.69, 9.17) is 16.3 Å². The molecule has 88 valence electrons. The number of hydrogen-bond donors (Lipinski definition) is 1. The Balaban J connectivity index is 2.03. The fourth-order valence-corrected chi connectivity index (χ4v) is 1.50. The first kappa shape index (κ1) is 11.4. The minimum atomic E-state index is -2.87. The average molecular weight is 250 g/mol. The van der Waals surface area contributed by atoms with Crippen LogP contribution in [-0.2, 0) is 0 Å². The summed E-state index contributed by atoms with van der Waals surface area (Å²) in [6.07, 6.45) is 0.123. The maximum atomic E-state index is 12.0. The molecule has 1 heterocycles. The first-order chi connectivity index (χ1) is 7.65. The lowest BCUT2D eigenvalue weighted by Gasteiger charge is -2.27. The van der Waals surface area contributed by atoms with E-state index in [2.05, 4.69) is 10.1 Å². The van der Waals surface area contributed by atoms with Crippen molar-refractivity contribution >= 4 is 11.6 Å². The summed E-state index contributed by atoms with van der Waals surface area (Å²) < 4.78 is 33.6. The first-order valence-corrected chi connectivity index (χ1v) is 5.14. The number of ether oxygens (including phenoxy) is 2. The molecule has 1 aromatic rings. The zero-order valence-electron chi connectivity index (χ0n) is 8.25. The topological polar surface area (TPSA) is 30.5 Å². The molecule has 1 fully saturated rings. The highest BCUT2D eigenvalue weighted by atomic mass is 35.5. The molecule has 1 aliphatic rings. The molecule has 0 amide bonds. The number of halogens is 3. The second-order valence-corrected chi connectivity index (χ2v) is 3.78. The van der Waals surface area contributed by atoms with Crippen LogP contribution in [0.2, 0.25) is 5.02 Å². The van der Waals surface area contributed by atoms with Gasteiger partial charge in [0.05, 0.1) is 5.02 Å². The van der Waals surface area contributed by atoms with Gasteiger partial charge in [0.1, 0.15) is 17.6 Å². The smallest absolute Gasteiger partial charge is 0.387 e. The van der Waals surface area contributed by atoms with Gasteiger partial charge in [-0.2, -0.15) is 8.78 Å². The van der Waals surface area contributed by atoms with Crippen molar-refractivity contribution in [2.75, 3.05) is 13.1 Å². The third-order valence-corrected chi connectivity index (χ3v) is 2.46. The molecule has 1 aromatic carbocycles. The highest BCUT2D eigenvalue weighted by molar-refractivity contribution is 6.32. The van der Waals surface area contributed by atoms with E-state index >= 15 is 0 Å². The average Bonchev–Trinajstić information content (AvgIpc) is 2.15. The second-order valence-electron chi connectivity index (χ2n) is 3.37. The highest BCUT2D eigenvalue weighted by Gasteiger charge is 2.19. The summed E-state index contributed by atoms with van der Waals surface area (Å²) in [5.41, 5.74) is 0. The van der Waals surface area contributed by atoms with Gasteiger partial charge < -0.3 is 14.8 Å². The van der Waals surface area contributed by atoms with Gasteiger partial charge in [0.15, 0.2) is 0 Å². The van der Waals surface area contributed by atoms with Crippen LogP contribution in [0.25, 0.3) is 0 Å². The summed E-state index contributed by atoms with van der Waals surface area (Å²) in [6, 6.07) is 4.40. The lowest BCUT2D eigenvalue weighted by Crippen LogP contribution is -2.50. The van der Waals surface area contributed by atoms with E-state index in [1.165, 1.54) is 12.1 Å². The van der Waals surface area contributed by atoms with Crippen LogP contribution >= 0.6 is 11.6 Å². The van der Waals surface area contributed by atoms with Crippen molar-refractivity contribution < 1.29 is 18.3 Å². The van der Waals surface area contributed by atoms with Crippen molar-refractivity contribution in [2.24, 2.45) is 0 Å². The zero-order chi connectivity index (χ0) is 11.5. The van der Waals surface area contributed by atoms with Gasteiger partial charge in [-0.1, -0.05) is 11.6 Å². The minimum Gasteiger partial charge on any atom is -0.488 e. The predicted molar refractivity (Wildman–Crippen MR) is 55.4 cm³/mol. The van der Waals surface area contributed by atoms with Crippen molar-refractivity contribution in [3.63, 3.8) is 0 Å². The van der Waals surface area contributed by atoms with E-state index in [0.29, 0.717) is 5.75 Å². The summed E-state index contributed by atoms with van der Waals surface area (Å²) >= 11 is 5.76. The van der Waals surface area contributed by atoms with Gasteiger partial charge in [0, 0.05) is 19.2 Å². The largest absolute Gasteiger partial charge is 0.488 e. The molecular weight excluding hydrogens is 240 g/mol. The Morgan fingerprint density at radius 1 is 1.38 bits per heavy atom. The molecule has 1 saturated heterocycles. The molecule has 0 aromatic heterocycles. The van der Waals surface area contributed by atoms with Crippen molar-refractivity contribution in [1.29, 1.82) is 0 Å². The first-order valence-electron chi connectivity index (χ1n) is 4.77. The van der Waals surface area contributed by atoms with Crippen LogP contribution in [-0.4, -0.2) is 25.8 Å². The highest BCUT2D eigenvalue weighted by Crippen LogP contribution is 2.30. The monoisotopic (exact) mass is 249 g/mol. The Hall–Kier alpha value is -1.07. The Labute approximate surface area is 96.3 Å². The van der Waals surface area contributed by atoms with Crippen LogP contribution in [0, 0.1) is 0 Å². The summed E-state index contributed by atoms with van der Waals surface area (Å²) in [6.45, 7) is -1.31. The molecule has 0 spiro atoms. The van der Waals surface area contributed by atoms with Crippen molar-refractivity contribution in [2.45, 2.75) is 12.7 Å². The van der Waals surface area contributed by atoms with Gasteiger partial charge in [0.2, 0.25) is 0 Å². The van der Waals surface area contributed by atoms with Crippen LogP contribution in [0.15, 0.2) is 18.2 Å². The minimum absolute atomic E-state index is 0.0456. The van der Waals surface area contributed by atoms with Crippen molar-refractivity contribution in [3.05, 3.63) is 23.2 Å². The number of hydrogen-bond acceptors (Lipinski definition) is 3. The standard InChI is InChI=1S/C10H10ClF2NO2/c11-8-3-6(15-7-4-14-5-7)1-2-9(8)16-10(12)13/h1-3,7,10,14H,4-5H2. The van der Waals surface area contributed by atoms with Crippen LogP contribution in [0.5, 0.6) is 11.5 Å². The lowest BCUT2D eigenvalue weighted by atomic mass is 10.2. The Kier molecular flexibility index (Phi) is 3.46. The fourth-order valence-electron chi connectivity index (χ4n) is 1.28. The summed E-state index contributed by atoms with van der Waals surface area (Å²) in [4.78, 5) is 0. The SMILES string of the molecule is FC(F)Oc1ccc(OC2CNC2)cc1Cl. The molecule has 0 atom stereocenters. The van der Waals surface area contributed by atoms with Crippen LogP contribution in [0.1, 0.15) is 0 Å². The molecule has 1 aliphatic heterocycles. The Morgan fingerprint density at radius 3 is 2.62 bits per heavy atom. The quantitative estimate of drug-likeness (QED) is 0.888. The summed E-state index contributed by atoms with van der Waals surface area (Å²) in [7, 11) is 0. The maximum Gasteiger partial charge on any atom is 0.387 e. The van der Waals surface area contributed by atoms with Gasteiger partial charge in [-0.3, -0.25) is 0 Å². The normalized spacial score (nSPS) is 16.0. The van der Waals surface area contributed by atoms with Crippen molar-refractivity contribution in [1.82, 2.24) is 5.32 Å². The van der Waals surface area contributed by atoms with Crippen LogP contribution in [0.4, 0.5) is 8.78 Å². The molecule has 2 rings (SSSR count). The van der Waals surface area contributed by atoms with Gasteiger partial charge >= 0.3 is 6.61 Å². The Bertz CT molecular complexity index is 372. The molecule has 0 unspecified atom stereocenters. The zero-order valence-corrected chi connectivity index (χ0v) is 9.01. The van der Waals surface area contributed by atoms with Crippen LogP contribution < -0.4 is 14.8 Å². The van der Waals surface area contributed by atoms with Crippen molar-refractivity contribution in [3.8, 4) is 11.5 Å². The molecule has 0 saturated carbocycles. The van der Waals surface area contributed by atoms with E-state index in [-0.39, 0.29) is 16.9 Å². The summed E-state index contributed by atoms with van der Waals surface area (Å²) in [5, 5.41) is 3.17. The van der Waals surface area contributed by atoms with Gasteiger partial charge in [-0.05, 0) is 12.1 Å². The molecular formula is C10H10ClF2NO2. The molecule has 0 aliphatic carbocycles. The van der Waals surface area contributed by atoms with Gasteiger partial charge in [0.25, 0.3) is 0 Å². The summed E-state index contributed by atoms with van der Waals surface area (Å²) in [5.74, 6) is 0.508. The fraction of sp³-hybridized carbons (Fsp3) is 0.400. The third-order valence-electron chi connectivity index (χ3n) is 2.17. The van der Waals surface area contributed by atoms with Gasteiger partial charge in [-0.25, -0.2) is 0 Å². The molecule has 1 N–H and O–H groups in total. The molecule has 6 heteroatoms. The van der Waals surface area contributed by atoms with E-state index in [0.717, 1.165) is 13.1 Å². The molecule has 0 radical (unpaired) electrons. The number of alkyl halides is 2. The molecule has 3 nitrogen and oxygen atoms in total. The lowest BCUT2D eigenvalue weighted by molar-refractivity contribution is -0.0498. The van der Waals surface area contributed by atoms with E-state index in [1.54, 1.807) is 6.07 Å². The van der Waals surface area contributed by atoms with E-state index < -0.39 is 6.61 Å². The number of benzene rings is 1. The number of nitrogens with one attached hydrogen (secondary N) is 1. The number of rotatable bonds is 4. The second kappa shape index (κ2) is 4.84. The van der Waals surface area contributed by atoms with E-state index in [9.17, 15) is 8.78 Å². The predicted octanol–water partition coefficient (Wildman–Crippen LogP) is 2.29.